The summed E-state index contributed by atoms with van der Waals surface area (Å²) in [6.07, 6.45) is 15.9. The first-order valence-corrected chi connectivity index (χ1v) is 6.02. The van der Waals surface area contributed by atoms with Crippen molar-refractivity contribution in [2.45, 2.75) is 12.8 Å². The van der Waals surface area contributed by atoms with Crippen LogP contribution in [-0.4, -0.2) is 0 Å². The molecule has 2 rings (SSSR count). The molecule has 0 heterocycles. The third-order valence-electron chi connectivity index (χ3n) is 1.61. The van der Waals surface area contributed by atoms with E-state index in [0.29, 0.717) is 0 Å². The summed E-state index contributed by atoms with van der Waals surface area (Å²) in [4.78, 5) is 0. The molecule has 0 aliphatic heterocycles. The molecule has 0 aromatic heterocycles. The molecule has 0 atom stereocenters. The number of halogens is 1. The van der Waals surface area contributed by atoms with Gasteiger partial charge in [-0.2, -0.15) is 0 Å². The Hall–Kier alpha value is -0.0617. The van der Waals surface area contributed by atoms with Gasteiger partial charge in [-0.1, -0.05) is 0 Å². The minimum absolute atomic E-state index is 0. The minimum Gasteiger partial charge on any atom is -0.147 e. The summed E-state index contributed by atoms with van der Waals surface area (Å²) < 4.78 is 3.33. The van der Waals surface area contributed by atoms with Crippen LogP contribution in [0.1, 0.15) is 12.8 Å². The van der Waals surface area contributed by atoms with Crippen LogP contribution in [-0.2, 0) is 18.6 Å². The quantitative estimate of drug-likeness (QED) is 0.708. The number of allylic oxidation sites excluding steroid dienone is 8. The summed E-state index contributed by atoms with van der Waals surface area (Å²) in [6, 6.07) is 0. The monoisotopic (exact) mass is 361 g/mol. The predicted molar refractivity (Wildman–Crippen MR) is 50.9 cm³/mol. The maximum atomic E-state index is 2.28. The van der Waals surface area contributed by atoms with Gasteiger partial charge in [-0.05, 0) is 0 Å². The van der Waals surface area contributed by atoms with Crippen molar-refractivity contribution in [3.8, 4) is 0 Å². The Morgan fingerprint density at radius 1 is 0.917 bits per heavy atom. The van der Waals surface area contributed by atoms with Crippen molar-refractivity contribution in [2.75, 3.05) is 0 Å². The van der Waals surface area contributed by atoms with Gasteiger partial charge in [0.2, 0.25) is 0 Å². The summed E-state index contributed by atoms with van der Waals surface area (Å²) >= 11 is 0.205. The van der Waals surface area contributed by atoms with Crippen LogP contribution < -0.4 is 0 Å². The zero-order valence-corrected chi connectivity index (χ0v) is 9.69. The van der Waals surface area contributed by atoms with Gasteiger partial charge in [-0.3, -0.25) is 0 Å². The van der Waals surface area contributed by atoms with Crippen LogP contribution in [0.25, 0.3) is 0 Å². The molecule has 68 valence electrons. The fraction of sp³-hybridized carbons (Fsp3) is 0.200. The second-order valence-electron chi connectivity index (χ2n) is 2.49. The van der Waals surface area contributed by atoms with Gasteiger partial charge in [0.05, 0.1) is 0 Å². The average Bonchev–Trinajstić information content (AvgIpc) is 2.60. The Morgan fingerprint density at radius 2 is 1.42 bits per heavy atom. The molecule has 0 amide bonds. The molecule has 0 saturated heterocycles. The van der Waals surface area contributed by atoms with Crippen molar-refractivity contribution in [1.82, 2.24) is 0 Å². The van der Waals surface area contributed by atoms with E-state index in [1.165, 1.54) is 12.8 Å². The van der Waals surface area contributed by atoms with Gasteiger partial charge >= 0.3 is 75.8 Å². The van der Waals surface area contributed by atoms with Crippen molar-refractivity contribution in [3.63, 3.8) is 0 Å². The van der Waals surface area contributed by atoms with Gasteiger partial charge in [0.25, 0.3) is 0 Å². The molecule has 0 bridgehead atoms. The van der Waals surface area contributed by atoms with Crippen molar-refractivity contribution in [3.05, 3.63) is 44.4 Å². The summed E-state index contributed by atoms with van der Waals surface area (Å²) in [5.41, 5.74) is 0. The zero-order valence-electron chi connectivity index (χ0n) is 6.60. The van der Waals surface area contributed by atoms with Crippen molar-refractivity contribution < 1.29 is 18.6 Å². The number of rotatable bonds is 2. The average molecular weight is 362 g/mol. The fourth-order valence-electron chi connectivity index (χ4n) is 1.06. The van der Waals surface area contributed by atoms with E-state index in [-0.39, 0.29) is 31.0 Å². The van der Waals surface area contributed by atoms with Crippen LogP contribution in [0.5, 0.6) is 0 Å². The Labute approximate surface area is 88.1 Å². The van der Waals surface area contributed by atoms with Gasteiger partial charge in [-0.15, -0.1) is 12.4 Å². The van der Waals surface area contributed by atoms with E-state index in [9.17, 15) is 0 Å². The molecular formula is C10H11ClPt. The van der Waals surface area contributed by atoms with E-state index in [2.05, 4.69) is 36.5 Å². The summed E-state index contributed by atoms with van der Waals surface area (Å²) in [5.74, 6) is 0. The van der Waals surface area contributed by atoms with Gasteiger partial charge < -0.3 is 0 Å². The Bertz CT molecular complexity index is 244. The molecule has 0 aromatic carbocycles. The van der Waals surface area contributed by atoms with Gasteiger partial charge in [0.15, 0.2) is 0 Å². The molecule has 0 radical (unpaired) electrons. The van der Waals surface area contributed by atoms with E-state index < -0.39 is 0 Å². The molecule has 0 fully saturated rings. The molecule has 2 aliphatic carbocycles. The molecule has 0 unspecified atom stereocenters. The molecule has 0 nitrogen and oxygen atoms in total. The number of hydrogen-bond acceptors (Lipinski definition) is 0. The van der Waals surface area contributed by atoms with Crippen LogP contribution in [0, 0.1) is 0 Å². The summed E-state index contributed by atoms with van der Waals surface area (Å²) in [7, 11) is 0. The van der Waals surface area contributed by atoms with Crippen LogP contribution in [0.4, 0.5) is 0 Å². The molecule has 2 aliphatic rings. The third-order valence-corrected chi connectivity index (χ3v) is 4.75. The Morgan fingerprint density at radius 3 is 1.75 bits per heavy atom. The van der Waals surface area contributed by atoms with Crippen LogP contribution in [0.2, 0.25) is 0 Å². The molecule has 0 aromatic rings. The van der Waals surface area contributed by atoms with Crippen LogP contribution in [0.3, 0.4) is 0 Å². The van der Waals surface area contributed by atoms with Crippen molar-refractivity contribution >= 4 is 12.4 Å². The van der Waals surface area contributed by atoms with E-state index in [1.54, 1.807) is 7.93 Å². The smallest absolute Gasteiger partial charge is 0.147 e. The van der Waals surface area contributed by atoms with Gasteiger partial charge in [0, 0.05) is 0 Å². The Balaban J connectivity index is 0.000000720. The second kappa shape index (κ2) is 4.84. The molecule has 2 heteroatoms. The zero-order chi connectivity index (χ0) is 7.52. The van der Waals surface area contributed by atoms with Crippen LogP contribution >= 0.6 is 12.4 Å². The van der Waals surface area contributed by atoms with Gasteiger partial charge in [-0.25, -0.2) is 0 Å². The molecular weight excluding hydrogens is 351 g/mol. The topological polar surface area (TPSA) is 0 Å². The first-order valence-electron chi connectivity index (χ1n) is 3.75. The maximum absolute atomic E-state index is 2.28. The number of hydrogen-bond donors (Lipinski definition) is 0. The van der Waals surface area contributed by atoms with Gasteiger partial charge in [0.1, 0.15) is 0 Å². The molecule has 0 spiro atoms. The molecule has 12 heavy (non-hydrogen) atoms. The summed E-state index contributed by atoms with van der Waals surface area (Å²) in [5, 5.41) is 0. The standard InChI is InChI=1S/2C5H5.ClH.Pt/c2*1-2-4-5-3-1;;/h2*1-3H,4H2;1H;. The predicted octanol–water partition coefficient (Wildman–Crippen LogP) is 3.18. The van der Waals surface area contributed by atoms with E-state index >= 15 is 0 Å². The first-order chi connectivity index (χ1) is 5.45. The minimum atomic E-state index is 0. The largest absolute Gasteiger partial charge is 0.147 e. The molecule has 0 saturated carbocycles. The van der Waals surface area contributed by atoms with E-state index in [0.717, 1.165) is 0 Å². The van der Waals surface area contributed by atoms with E-state index in [4.69, 9.17) is 0 Å². The van der Waals surface area contributed by atoms with Crippen molar-refractivity contribution in [1.29, 1.82) is 0 Å². The van der Waals surface area contributed by atoms with Crippen LogP contribution in [0.15, 0.2) is 44.4 Å². The fourth-order valence-corrected chi connectivity index (χ4v) is 3.82. The SMILES string of the molecule is C1=CC[C]([Pt][C]2=CC=CC2)=C1.Cl. The second-order valence-corrected chi connectivity index (χ2v) is 5.98. The summed E-state index contributed by atoms with van der Waals surface area (Å²) in [6.45, 7) is 0. The van der Waals surface area contributed by atoms with E-state index in [1.807, 2.05) is 0 Å². The molecule has 0 N–H and O–H groups in total. The first kappa shape index (κ1) is 10.0. The normalized spacial score (nSPS) is 19.3. The third kappa shape index (κ3) is 2.47. The Kier molecular flexibility index (Phi) is 4.04. The maximum Gasteiger partial charge on any atom is -0.147 e. The van der Waals surface area contributed by atoms with Crippen molar-refractivity contribution in [2.24, 2.45) is 0 Å².